The zero-order valence-corrected chi connectivity index (χ0v) is 13.1. The predicted molar refractivity (Wildman–Crippen MR) is 92.2 cm³/mol. The minimum Gasteiger partial charge on any atom is -0.350 e. The number of benzene rings is 2. The van der Waals surface area contributed by atoms with Gasteiger partial charge in [-0.05, 0) is 11.1 Å². The van der Waals surface area contributed by atoms with E-state index in [0.29, 0.717) is 12.1 Å². The summed E-state index contributed by atoms with van der Waals surface area (Å²) < 4.78 is 1.32. The first-order valence-electron chi connectivity index (χ1n) is 7.64. The van der Waals surface area contributed by atoms with E-state index in [1.165, 1.54) is 17.1 Å². The van der Waals surface area contributed by atoms with Crippen LogP contribution in [0.5, 0.6) is 0 Å². The highest BCUT2D eigenvalue weighted by atomic mass is 16.2. The molecule has 3 rings (SSSR count). The van der Waals surface area contributed by atoms with Crippen molar-refractivity contribution in [3.8, 4) is 11.1 Å². The third kappa shape index (κ3) is 3.76. The fourth-order valence-electron chi connectivity index (χ4n) is 2.39. The van der Waals surface area contributed by atoms with E-state index in [1.807, 2.05) is 60.7 Å². The molecular weight excluding hydrogens is 302 g/mol. The van der Waals surface area contributed by atoms with E-state index in [-0.39, 0.29) is 18.0 Å². The fraction of sp³-hybridized carbons (Fsp3) is 0.105. The molecule has 0 radical (unpaired) electrons. The van der Waals surface area contributed by atoms with Crippen LogP contribution in [0.1, 0.15) is 5.56 Å². The molecule has 1 amide bonds. The smallest absolute Gasteiger partial charge is 0.261 e. The topological polar surface area (TPSA) is 64.0 Å². The quantitative estimate of drug-likeness (QED) is 0.784. The molecule has 1 aromatic heterocycles. The maximum absolute atomic E-state index is 12.5. The molecule has 120 valence electrons. The van der Waals surface area contributed by atoms with Crippen LogP contribution in [0.15, 0.2) is 78.0 Å². The van der Waals surface area contributed by atoms with E-state index >= 15 is 0 Å². The lowest BCUT2D eigenvalue weighted by atomic mass is 10.1. The molecule has 0 spiro atoms. The molecular formula is C19H17N3O2. The summed E-state index contributed by atoms with van der Waals surface area (Å²) in [5.74, 6) is -0.229. The molecule has 0 fully saturated rings. The molecule has 0 unspecified atom stereocenters. The SMILES string of the molecule is O=C(Cn1cncc(-c2ccccc2)c1=O)NCc1ccccc1. The highest BCUT2D eigenvalue weighted by Gasteiger charge is 2.09. The summed E-state index contributed by atoms with van der Waals surface area (Å²) in [4.78, 5) is 28.7. The molecule has 0 atom stereocenters. The summed E-state index contributed by atoms with van der Waals surface area (Å²) in [7, 11) is 0. The zero-order chi connectivity index (χ0) is 16.8. The van der Waals surface area contributed by atoms with Crippen molar-refractivity contribution in [2.24, 2.45) is 0 Å². The molecule has 3 aromatic rings. The van der Waals surface area contributed by atoms with Crippen LogP contribution in [-0.2, 0) is 17.9 Å². The third-order valence-corrected chi connectivity index (χ3v) is 3.63. The van der Waals surface area contributed by atoms with Crippen LogP contribution < -0.4 is 10.9 Å². The zero-order valence-electron chi connectivity index (χ0n) is 13.1. The van der Waals surface area contributed by atoms with Gasteiger partial charge in [-0.15, -0.1) is 0 Å². The number of nitrogens with one attached hydrogen (secondary N) is 1. The van der Waals surface area contributed by atoms with Crippen LogP contribution in [-0.4, -0.2) is 15.5 Å². The first-order valence-corrected chi connectivity index (χ1v) is 7.64. The standard InChI is InChI=1S/C19H17N3O2/c23-18(21-11-15-7-3-1-4-8-15)13-22-14-20-12-17(19(22)24)16-9-5-2-6-10-16/h1-10,12,14H,11,13H2,(H,21,23). The van der Waals surface area contributed by atoms with Gasteiger partial charge in [-0.1, -0.05) is 60.7 Å². The average molecular weight is 319 g/mol. The van der Waals surface area contributed by atoms with Gasteiger partial charge in [-0.25, -0.2) is 4.98 Å². The molecule has 0 saturated carbocycles. The number of carbonyl (C=O) groups is 1. The van der Waals surface area contributed by atoms with Gasteiger partial charge in [-0.3, -0.25) is 14.2 Å². The number of hydrogen-bond acceptors (Lipinski definition) is 3. The lowest BCUT2D eigenvalue weighted by molar-refractivity contribution is -0.121. The Morgan fingerprint density at radius 2 is 1.67 bits per heavy atom. The van der Waals surface area contributed by atoms with E-state index < -0.39 is 0 Å². The average Bonchev–Trinajstić information content (AvgIpc) is 2.63. The van der Waals surface area contributed by atoms with Crippen molar-refractivity contribution in [3.63, 3.8) is 0 Å². The van der Waals surface area contributed by atoms with Gasteiger partial charge in [0.05, 0.1) is 11.9 Å². The van der Waals surface area contributed by atoms with Gasteiger partial charge >= 0.3 is 0 Å². The molecule has 0 aliphatic rings. The van der Waals surface area contributed by atoms with Crippen molar-refractivity contribution in [2.45, 2.75) is 13.1 Å². The molecule has 5 heteroatoms. The highest BCUT2D eigenvalue weighted by molar-refractivity contribution is 5.75. The highest BCUT2D eigenvalue weighted by Crippen LogP contribution is 2.12. The van der Waals surface area contributed by atoms with Crippen LogP contribution in [0.3, 0.4) is 0 Å². The van der Waals surface area contributed by atoms with Crippen LogP contribution in [0.2, 0.25) is 0 Å². The molecule has 0 aliphatic heterocycles. The number of amides is 1. The summed E-state index contributed by atoms with van der Waals surface area (Å²) in [6, 6.07) is 18.9. The largest absolute Gasteiger partial charge is 0.350 e. The summed E-state index contributed by atoms with van der Waals surface area (Å²) in [5.41, 5.74) is 2.04. The van der Waals surface area contributed by atoms with E-state index in [1.54, 1.807) is 0 Å². The normalized spacial score (nSPS) is 10.3. The third-order valence-electron chi connectivity index (χ3n) is 3.63. The first-order chi connectivity index (χ1) is 11.7. The number of carbonyl (C=O) groups excluding carboxylic acids is 1. The van der Waals surface area contributed by atoms with Crippen molar-refractivity contribution in [2.75, 3.05) is 0 Å². The van der Waals surface area contributed by atoms with Crippen molar-refractivity contribution in [1.82, 2.24) is 14.9 Å². The van der Waals surface area contributed by atoms with Crippen LogP contribution in [0, 0.1) is 0 Å². The van der Waals surface area contributed by atoms with Crippen molar-refractivity contribution in [3.05, 3.63) is 89.1 Å². The summed E-state index contributed by atoms with van der Waals surface area (Å²) in [6.45, 7) is 0.375. The van der Waals surface area contributed by atoms with Crippen LogP contribution in [0.4, 0.5) is 0 Å². The molecule has 0 saturated heterocycles. The maximum atomic E-state index is 12.5. The van der Waals surface area contributed by atoms with Gasteiger partial charge in [0.25, 0.3) is 5.56 Å². The second kappa shape index (κ2) is 7.37. The van der Waals surface area contributed by atoms with E-state index in [0.717, 1.165) is 11.1 Å². The monoisotopic (exact) mass is 319 g/mol. The summed E-state index contributed by atoms with van der Waals surface area (Å²) in [5, 5.41) is 2.81. The Kier molecular flexibility index (Phi) is 4.81. The molecule has 1 heterocycles. The maximum Gasteiger partial charge on any atom is 0.261 e. The lowest BCUT2D eigenvalue weighted by Gasteiger charge is -2.09. The van der Waals surface area contributed by atoms with Crippen LogP contribution >= 0.6 is 0 Å². The summed E-state index contributed by atoms with van der Waals surface area (Å²) >= 11 is 0. The number of aromatic nitrogens is 2. The van der Waals surface area contributed by atoms with Gasteiger partial charge in [0.15, 0.2) is 0 Å². The Morgan fingerprint density at radius 1 is 1.00 bits per heavy atom. The lowest BCUT2D eigenvalue weighted by Crippen LogP contribution is -2.32. The molecule has 0 bridgehead atoms. The molecule has 5 nitrogen and oxygen atoms in total. The van der Waals surface area contributed by atoms with Gasteiger partial charge < -0.3 is 5.32 Å². The Hall–Kier alpha value is -3.21. The van der Waals surface area contributed by atoms with E-state index in [9.17, 15) is 9.59 Å². The Bertz CT molecular complexity index is 874. The van der Waals surface area contributed by atoms with Crippen molar-refractivity contribution < 1.29 is 4.79 Å². The van der Waals surface area contributed by atoms with Crippen LogP contribution in [0.25, 0.3) is 11.1 Å². The molecule has 1 N–H and O–H groups in total. The fourth-order valence-corrected chi connectivity index (χ4v) is 2.39. The van der Waals surface area contributed by atoms with E-state index in [4.69, 9.17) is 0 Å². The number of nitrogens with zero attached hydrogens (tertiary/aromatic N) is 2. The first kappa shape index (κ1) is 15.7. The minimum absolute atomic E-state index is 0.0562. The van der Waals surface area contributed by atoms with Gasteiger partial charge in [0, 0.05) is 12.7 Å². The summed E-state index contributed by atoms with van der Waals surface area (Å²) in [6.07, 6.45) is 2.91. The second-order valence-corrected chi connectivity index (χ2v) is 5.37. The van der Waals surface area contributed by atoms with Gasteiger partial charge in [0.1, 0.15) is 6.54 Å². The second-order valence-electron chi connectivity index (χ2n) is 5.37. The van der Waals surface area contributed by atoms with Crippen molar-refractivity contribution in [1.29, 1.82) is 0 Å². The number of hydrogen-bond donors (Lipinski definition) is 1. The Labute approximate surface area is 139 Å². The van der Waals surface area contributed by atoms with Gasteiger partial charge in [-0.2, -0.15) is 0 Å². The van der Waals surface area contributed by atoms with Crippen molar-refractivity contribution >= 4 is 5.91 Å². The molecule has 0 aliphatic carbocycles. The Morgan fingerprint density at radius 3 is 2.38 bits per heavy atom. The van der Waals surface area contributed by atoms with Gasteiger partial charge in [0.2, 0.25) is 5.91 Å². The number of rotatable bonds is 5. The predicted octanol–water partition coefficient (Wildman–Crippen LogP) is 2.23. The molecule has 2 aromatic carbocycles. The Balaban J connectivity index is 1.71. The minimum atomic E-state index is -0.230. The molecule has 24 heavy (non-hydrogen) atoms. The van der Waals surface area contributed by atoms with E-state index in [2.05, 4.69) is 10.3 Å².